The van der Waals surface area contributed by atoms with Crippen molar-refractivity contribution in [2.45, 2.75) is 25.2 Å². The summed E-state index contributed by atoms with van der Waals surface area (Å²) in [6.07, 6.45) is 0.953. The van der Waals surface area contributed by atoms with Crippen molar-refractivity contribution < 1.29 is 14.4 Å². The Labute approximate surface area is 194 Å². The summed E-state index contributed by atoms with van der Waals surface area (Å²) in [7, 11) is 0. The van der Waals surface area contributed by atoms with Crippen LogP contribution in [0.3, 0.4) is 0 Å². The van der Waals surface area contributed by atoms with Gasteiger partial charge in [0, 0.05) is 36.5 Å². The van der Waals surface area contributed by atoms with Crippen molar-refractivity contribution in [3.05, 3.63) is 58.4 Å². The van der Waals surface area contributed by atoms with E-state index in [0.717, 1.165) is 10.8 Å². The molecule has 0 bridgehead atoms. The van der Waals surface area contributed by atoms with E-state index in [1.165, 1.54) is 0 Å². The average molecular weight is 460 g/mol. The Bertz CT molecular complexity index is 1350. The Hall–Kier alpha value is -4.21. The minimum absolute atomic E-state index is 0.0881. The maximum absolute atomic E-state index is 13.2. The molecule has 1 atom stereocenters. The molecule has 3 heterocycles. The molecule has 1 unspecified atom stereocenters. The van der Waals surface area contributed by atoms with Crippen LogP contribution >= 0.6 is 0 Å². The molecule has 0 saturated carbocycles. The van der Waals surface area contributed by atoms with Crippen LogP contribution < -0.4 is 26.8 Å². The van der Waals surface area contributed by atoms with E-state index >= 15 is 0 Å². The van der Waals surface area contributed by atoms with E-state index in [1.807, 2.05) is 41.3 Å². The number of hydrogen-bond donors (Lipinski definition) is 4. The van der Waals surface area contributed by atoms with Crippen molar-refractivity contribution in [2.75, 3.05) is 28.6 Å². The topological polar surface area (TPSA) is 150 Å². The molecule has 1 aromatic heterocycles. The number of aromatic amines is 1. The number of nitrogens with one attached hydrogen (secondary N) is 3. The first-order valence-corrected chi connectivity index (χ1v) is 11.2. The summed E-state index contributed by atoms with van der Waals surface area (Å²) in [6.45, 7) is 0.989. The molecule has 0 radical (unpaired) electrons. The Morgan fingerprint density at radius 3 is 2.56 bits per heavy atom. The summed E-state index contributed by atoms with van der Waals surface area (Å²) in [5.41, 5.74) is 5.66. The maximum atomic E-state index is 13.2. The molecule has 2 aliphatic heterocycles. The fourth-order valence-electron chi connectivity index (χ4n) is 4.66. The zero-order valence-electron chi connectivity index (χ0n) is 18.3. The first-order valence-electron chi connectivity index (χ1n) is 11.2. The molecule has 2 aromatic carbocycles. The van der Waals surface area contributed by atoms with Crippen molar-refractivity contribution in [1.82, 2.24) is 9.97 Å². The van der Waals surface area contributed by atoms with Crippen LogP contribution in [0.25, 0.3) is 10.8 Å². The Kier molecular flexibility index (Phi) is 5.48. The Balaban J connectivity index is 1.43. The van der Waals surface area contributed by atoms with Crippen LogP contribution in [0.4, 0.5) is 17.5 Å². The smallest absolute Gasteiger partial charge is 0.258 e. The molecule has 10 heteroatoms. The predicted molar refractivity (Wildman–Crippen MR) is 128 cm³/mol. The molecule has 3 amide bonds. The van der Waals surface area contributed by atoms with E-state index in [-0.39, 0.29) is 35.5 Å². The third-order valence-electron chi connectivity index (χ3n) is 6.50. The number of carbonyl (C=O) groups excluding carboxylic acids is 3. The van der Waals surface area contributed by atoms with E-state index in [2.05, 4.69) is 20.6 Å². The number of nitrogens with zero attached hydrogens (tertiary/aromatic N) is 2. The van der Waals surface area contributed by atoms with Crippen molar-refractivity contribution in [2.24, 2.45) is 11.7 Å². The lowest BCUT2D eigenvalue weighted by atomic mass is 9.92. The third-order valence-corrected chi connectivity index (χ3v) is 6.50. The number of primary amides is 1. The lowest BCUT2D eigenvalue weighted by Crippen LogP contribution is -2.41. The van der Waals surface area contributed by atoms with Crippen LogP contribution in [0.2, 0.25) is 0 Å². The van der Waals surface area contributed by atoms with Gasteiger partial charge < -0.3 is 21.3 Å². The van der Waals surface area contributed by atoms with E-state index in [4.69, 9.17) is 5.73 Å². The average Bonchev–Trinajstić information content (AvgIpc) is 2.83. The summed E-state index contributed by atoms with van der Waals surface area (Å²) in [5.74, 6) is -1.97. The van der Waals surface area contributed by atoms with E-state index < -0.39 is 17.4 Å². The molecule has 0 aliphatic carbocycles. The quantitative estimate of drug-likeness (QED) is 0.465. The van der Waals surface area contributed by atoms with Gasteiger partial charge in [0.2, 0.25) is 23.7 Å². The number of H-pyrrole nitrogens is 1. The highest BCUT2D eigenvalue weighted by Gasteiger charge is 2.35. The predicted octanol–water partition coefficient (Wildman–Crippen LogP) is 1.69. The van der Waals surface area contributed by atoms with Crippen molar-refractivity contribution in [3.63, 3.8) is 0 Å². The summed E-state index contributed by atoms with van der Waals surface area (Å²) in [6, 6.07) is 13.2. The number of piperidine rings is 1. The van der Waals surface area contributed by atoms with E-state index in [1.54, 1.807) is 6.07 Å². The molecule has 174 valence electrons. The normalized spacial score (nSPS) is 18.3. The number of carbonyl (C=O) groups is 3. The number of fused-ring (bicyclic) bond motifs is 2. The molecule has 0 spiro atoms. The van der Waals surface area contributed by atoms with Crippen LogP contribution in [0.15, 0.2) is 47.3 Å². The van der Waals surface area contributed by atoms with Crippen molar-refractivity contribution >= 4 is 45.9 Å². The second kappa shape index (κ2) is 8.62. The lowest BCUT2D eigenvalue weighted by molar-refractivity contribution is -0.123. The van der Waals surface area contributed by atoms with E-state index in [0.29, 0.717) is 37.6 Å². The molecule has 34 heavy (non-hydrogen) atoms. The minimum Gasteiger partial charge on any atom is -0.369 e. The van der Waals surface area contributed by atoms with Crippen molar-refractivity contribution in [1.29, 1.82) is 0 Å². The number of benzene rings is 2. The van der Waals surface area contributed by atoms with Gasteiger partial charge in [-0.15, -0.1) is 0 Å². The molecule has 3 aromatic rings. The van der Waals surface area contributed by atoms with Gasteiger partial charge in [0.25, 0.3) is 5.56 Å². The highest BCUT2D eigenvalue weighted by molar-refractivity contribution is 6.08. The van der Waals surface area contributed by atoms with Gasteiger partial charge in [-0.25, -0.2) is 0 Å². The number of hydrogen-bond acceptors (Lipinski definition) is 6. The molecule has 1 fully saturated rings. The van der Waals surface area contributed by atoms with Crippen LogP contribution in [0.5, 0.6) is 0 Å². The fraction of sp³-hybridized carbons (Fsp3) is 0.292. The zero-order chi connectivity index (χ0) is 23.8. The summed E-state index contributed by atoms with van der Waals surface area (Å²) >= 11 is 0. The number of nitrogens with two attached hydrogens (primary N) is 1. The number of anilines is 3. The summed E-state index contributed by atoms with van der Waals surface area (Å²) in [4.78, 5) is 59.2. The first-order chi connectivity index (χ1) is 16.4. The lowest BCUT2D eigenvalue weighted by Gasteiger charge is -2.32. The summed E-state index contributed by atoms with van der Waals surface area (Å²) < 4.78 is 0. The minimum atomic E-state index is -0.978. The van der Waals surface area contributed by atoms with Gasteiger partial charge in [0.05, 0.1) is 11.5 Å². The highest BCUT2D eigenvalue weighted by atomic mass is 16.2. The summed E-state index contributed by atoms with van der Waals surface area (Å²) in [5, 5.41) is 7.34. The number of amides is 3. The van der Waals surface area contributed by atoms with Crippen LogP contribution in [-0.4, -0.2) is 40.8 Å². The van der Waals surface area contributed by atoms with Gasteiger partial charge in [0.1, 0.15) is 5.82 Å². The Morgan fingerprint density at radius 1 is 1.06 bits per heavy atom. The molecule has 5 rings (SSSR count). The largest absolute Gasteiger partial charge is 0.369 e. The maximum Gasteiger partial charge on any atom is 0.258 e. The van der Waals surface area contributed by atoms with Gasteiger partial charge in [-0.3, -0.25) is 24.2 Å². The van der Waals surface area contributed by atoms with Gasteiger partial charge >= 0.3 is 0 Å². The van der Waals surface area contributed by atoms with Crippen LogP contribution in [0, 0.1) is 5.92 Å². The molecule has 1 saturated heterocycles. The zero-order valence-corrected chi connectivity index (χ0v) is 18.3. The molecule has 2 aliphatic rings. The molecule has 10 nitrogen and oxygen atoms in total. The molecular formula is C24H24N6O4. The van der Waals surface area contributed by atoms with Crippen LogP contribution in [0.1, 0.15) is 30.7 Å². The second-order valence-corrected chi connectivity index (χ2v) is 8.64. The molecule has 5 N–H and O–H groups in total. The van der Waals surface area contributed by atoms with Crippen LogP contribution in [-0.2, 0) is 14.4 Å². The Morgan fingerprint density at radius 2 is 1.79 bits per heavy atom. The number of aromatic nitrogens is 2. The third kappa shape index (κ3) is 3.98. The second-order valence-electron chi connectivity index (χ2n) is 8.64. The van der Waals surface area contributed by atoms with Crippen molar-refractivity contribution in [3.8, 4) is 0 Å². The standard InChI is InChI=1S/C24H24N6O4/c25-20(32)14-8-10-30(11-9-14)24-28-21-19(23(34)29-24)16(12-18(31)27-21)22(33)26-17-7-3-5-13-4-1-2-6-15(13)17/h1-7,14,16H,8-12H2,(H2,25,32)(H,26,33)(H2,27,28,29,31,34). The SMILES string of the molecule is NC(=O)C1CCN(c2nc3c(c(=O)[nH]2)C(C(=O)Nc2cccc4ccccc24)CC(=O)N3)CC1. The van der Waals surface area contributed by atoms with Gasteiger partial charge in [-0.1, -0.05) is 36.4 Å². The van der Waals surface area contributed by atoms with Gasteiger partial charge in [-0.05, 0) is 24.3 Å². The van der Waals surface area contributed by atoms with E-state index in [9.17, 15) is 19.2 Å². The first kappa shape index (κ1) is 21.6. The monoisotopic (exact) mass is 460 g/mol. The molecular weight excluding hydrogens is 436 g/mol. The fourth-order valence-corrected chi connectivity index (χ4v) is 4.66. The van der Waals surface area contributed by atoms with Gasteiger partial charge in [0.15, 0.2) is 0 Å². The highest BCUT2D eigenvalue weighted by Crippen LogP contribution is 2.32. The van der Waals surface area contributed by atoms with Gasteiger partial charge in [-0.2, -0.15) is 4.98 Å². The number of rotatable bonds is 4.